The third-order valence-electron chi connectivity index (χ3n) is 3.35. The quantitative estimate of drug-likeness (QED) is 0.894. The van der Waals surface area contributed by atoms with E-state index >= 15 is 0 Å². The Hall–Kier alpha value is -2.56. The smallest absolute Gasteiger partial charge is 0.318 e. The fourth-order valence-electron chi connectivity index (χ4n) is 2.02. The summed E-state index contributed by atoms with van der Waals surface area (Å²) in [6.07, 6.45) is 0. The molecule has 0 fully saturated rings. The van der Waals surface area contributed by atoms with Crippen LogP contribution in [0.25, 0.3) is 10.8 Å². The first-order valence-electron chi connectivity index (χ1n) is 6.31. The zero-order chi connectivity index (χ0) is 14.7. The highest BCUT2D eigenvalue weighted by atomic mass is 16.2. The maximum Gasteiger partial charge on any atom is 0.318 e. The number of hydrogen-bond acceptors (Lipinski definition) is 3. The minimum atomic E-state index is -0.839. The van der Waals surface area contributed by atoms with E-state index in [2.05, 4.69) is 5.32 Å². The van der Waals surface area contributed by atoms with Crippen LogP contribution in [0.4, 0.5) is 10.5 Å². The fraction of sp³-hybridized carbons (Fsp3) is 0.200. The van der Waals surface area contributed by atoms with Gasteiger partial charge in [-0.3, -0.25) is 10.1 Å². The SMILES string of the molecule is C[C@H](C(=O)NC(N)=O)N(C)c1ccc2ccccc2c1. The van der Waals surface area contributed by atoms with Crippen molar-refractivity contribution in [3.05, 3.63) is 42.5 Å². The number of benzene rings is 2. The number of imide groups is 1. The predicted molar refractivity (Wildman–Crippen MR) is 79.5 cm³/mol. The van der Waals surface area contributed by atoms with E-state index in [-0.39, 0.29) is 0 Å². The molecule has 0 aliphatic rings. The Bertz CT molecular complexity index is 654. The number of primary amides is 1. The van der Waals surface area contributed by atoms with E-state index in [1.807, 2.05) is 42.5 Å². The van der Waals surface area contributed by atoms with Gasteiger partial charge in [0.05, 0.1) is 0 Å². The van der Waals surface area contributed by atoms with Crippen molar-refractivity contribution in [2.75, 3.05) is 11.9 Å². The monoisotopic (exact) mass is 271 g/mol. The number of amides is 3. The van der Waals surface area contributed by atoms with Crippen LogP contribution in [0.15, 0.2) is 42.5 Å². The van der Waals surface area contributed by atoms with E-state index in [4.69, 9.17) is 5.73 Å². The van der Waals surface area contributed by atoms with Gasteiger partial charge in [0.25, 0.3) is 0 Å². The molecular formula is C15H17N3O2. The minimum absolute atomic E-state index is 0.423. The number of anilines is 1. The first-order valence-corrected chi connectivity index (χ1v) is 6.31. The lowest BCUT2D eigenvalue weighted by atomic mass is 10.1. The summed E-state index contributed by atoms with van der Waals surface area (Å²) in [5, 5.41) is 4.32. The van der Waals surface area contributed by atoms with Gasteiger partial charge in [-0.25, -0.2) is 4.79 Å². The van der Waals surface area contributed by atoms with Gasteiger partial charge in [0.15, 0.2) is 0 Å². The molecule has 0 saturated heterocycles. The molecule has 2 aromatic carbocycles. The van der Waals surface area contributed by atoms with Gasteiger partial charge in [0.2, 0.25) is 5.91 Å². The van der Waals surface area contributed by atoms with Crippen molar-refractivity contribution in [1.29, 1.82) is 0 Å². The lowest BCUT2D eigenvalue weighted by Crippen LogP contribution is -2.47. The van der Waals surface area contributed by atoms with E-state index in [1.54, 1.807) is 18.9 Å². The first kappa shape index (κ1) is 13.9. The largest absolute Gasteiger partial charge is 0.363 e. The maximum atomic E-state index is 11.8. The summed E-state index contributed by atoms with van der Waals surface area (Å²) in [5.74, 6) is -0.423. The van der Waals surface area contributed by atoms with E-state index in [1.165, 1.54) is 0 Å². The van der Waals surface area contributed by atoms with Crippen molar-refractivity contribution in [2.24, 2.45) is 5.73 Å². The van der Waals surface area contributed by atoms with Crippen LogP contribution >= 0.6 is 0 Å². The summed E-state index contributed by atoms with van der Waals surface area (Å²) >= 11 is 0. The van der Waals surface area contributed by atoms with Crippen LogP contribution in [-0.2, 0) is 4.79 Å². The van der Waals surface area contributed by atoms with Gasteiger partial charge in [0, 0.05) is 12.7 Å². The van der Waals surface area contributed by atoms with Crippen LogP contribution in [0.5, 0.6) is 0 Å². The highest BCUT2D eigenvalue weighted by Crippen LogP contribution is 2.22. The molecule has 0 heterocycles. The zero-order valence-electron chi connectivity index (χ0n) is 11.5. The van der Waals surface area contributed by atoms with Gasteiger partial charge < -0.3 is 10.6 Å². The molecule has 5 heteroatoms. The average molecular weight is 271 g/mol. The molecule has 104 valence electrons. The number of nitrogens with two attached hydrogens (primary N) is 1. The average Bonchev–Trinajstić information content (AvgIpc) is 2.44. The second-order valence-electron chi connectivity index (χ2n) is 4.67. The van der Waals surface area contributed by atoms with Crippen LogP contribution in [0.3, 0.4) is 0 Å². The normalized spacial score (nSPS) is 11.9. The van der Waals surface area contributed by atoms with Gasteiger partial charge in [-0.05, 0) is 29.8 Å². The van der Waals surface area contributed by atoms with Gasteiger partial charge in [-0.15, -0.1) is 0 Å². The Morgan fingerprint density at radius 1 is 1.15 bits per heavy atom. The maximum absolute atomic E-state index is 11.8. The first-order chi connectivity index (χ1) is 9.49. The predicted octanol–water partition coefficient (Wildman–Crippen LogP) is 1.86. The Morgan fingerprint density at radius 3 is 2.45 bits per heavy atom. The second kappa shape index (κ2) is 5.61. The topological polar surface area (TPSA) is 75.4 Å². The molecule has 0 saturated carbocycles. The third-order valence-corrected chi connectivity index (χ3v) is 3.35. The van der Waals surface area contributed by atoms with Gasteiger partial charge in [-0.1, -0.05) is 30.3 Å². The number of nitrogens with zero attached hydrogens (tertiary/aromatic N) is 1. The van der Waals surface area contributed by atoms with E-state index < -0.39 is 18.0 Å². The summed E-state index contributed by atoms with van der Waals surface area (Å²) in [7, 11) is 1.80. The van der Waals surface area contributed by atoms with Crippen molar-refractivity contribution in [2.45, 2.75) is 13.0 Å². The lowest BCUT2D eigenvalue weighted by Gasteiger charge is -2.25. The van der Waals surface area contributed by atoms with Crippen molar-refractivity contribution < 1.29 is 9.59 Å². The Morgan fingerprint density at radius 2 is 1.80 bits per heavy atom. The standard InChI is InChI=1S/C15H17N3O2/c1-10(14(19)17-15(16)20)18(2)13-8-7-11-5-3-4-6-12(11)9-13/h3-10H,1-2H3,(H3,16,17,19,20)/t10-/m1/s1. The Kier molecular flexibility index (Phi) is 3.89. The van der Waals surface area contributed by atoms with Gasteiger partial charge in [-0.2, -0.15) is 0 Å². The van der Waals surface area contributed by atoms with E-state index in [0.29, 0.717) is 0 Å². The number of carbonyl (C=O) groups is 2. The molecule has 0 bridgehead atoms. The number of likely N-dealkylation sites (N-methyl/N-ethyl adjacent to an activating group) is 1. The molecule has 0 radical (unpaired) electrons. The minimum Gasteiger partial charge on any atom is -0.363 e. The van der Waals surface area contributed by atoms with E-state index in [9.17, 15) is 9.59 Å². The third kappa shape index (κ3) is 2.88. The Balaban J connectivity index is 2.24. The van der Waals surface area contributed by atoms with Crippen molar-refractivity contribution in [3.63, 3.8) is 0 Å². The number of urea groups is 1. The molecule has 2 aromatic rings. The van der Waals surface area contributed by atoms with Crippen LogP contribution in [0.1, 0.15) is 6.92 Å². The molecule has 0 aliphatic heterocycles. The molecule has 3 amide bonds. The highest BCUT2D eigenvalue weighted by Gasteiger charge is 2.19. The molecule has 0 aliphatic carbocycles. The summed E-state index contributed by atoms with van der Waals surface area (Å²) < 4.78 is 0. The van der Waals surface area contributed by atoms with Crippen molar-refractivity contribution in [1.82, 2.24) is 5.32 Å². The molecule has 0 unspecified atom stereocenters. The molecular weight excluding hydrogens is 254 g/mol. The van der Waals surface area contributed by atoms with E-state index in [0.717, 1.165) is 16.5 Å². The summed E-state index contributed by atoms with van der Waals surface area (Å²) in [4.78, 5) is 24.3. The Labute approximate surface area is 117 Å². The number of carbonyl (C=O) groups excluding carboxylic acids is 2. The number of nitrogens with one attached hydrogen (secondary N) is 1. The molecule has 1 atom stereocenters. The summed E-state index contributed by atoms with van der Waals surface area (Å²) in [6.45, 7) is 1.72. The highest BCUT2D eigenvalue weighted by molar-refractivity contribution is 5.98. The molecule has 0 aromatic heterocycles. The lowest BCUT2D eigenvalue weighted by molar-refractivity contribution is -0.120. The number of rotatable bonds is 3. The molecule has 20 heavy (non-hydrogen) atoms. The molecule has 2 rings (SSSR count). The fourth-order valence-corrected chi connectivity index (χ4v) is 2.02. The molecule has 0 spiro atoms. The van der Waals surface area contributed by atoms with Crippen molar-refractivity contribution in [3.8, 4) is 0 Å². The van der Waals surface area contributed by atoms with Gasteiger partial charge in [0.1, 0.15) is 6.04 Å². The second-order valence-corrected chi connectivity index (χ2v) is 4.67. The van der Waals surface area contributed by atoms with Crippen LogP contribution in [0.2, 0.25) is 0 Å². The molecule has 3 N–H and O–H groups in total. The summed E-state index contributed by atoms with van der Waals surface area (Å²) in [5.41, 5.74) is 5.85. The summed E-state index contributed by atoms with van der Waals surface area (Å²) in [6, 6.07) is 12.6. The number of fused-ring (bicyclic) bond motifs is 1. The van der Waals surface area contributed by atoms with Crippen LogP contribution in [-0.4, -0.2) is 25.0 Å². The van der Waals surface area contributed by atoms with Crippen LogP contribution < -0.4 is 16.0 Å². The zero-order valence-corrected chi connectivity index (χ0v) is 11.5. The van der Waals surface area contributed by atoms with Crippen molar-refractivity contribution >= 4 is 28.4 Å². The number of hydrogen-bond donors (Lipinski definition) is 2. The van der Waals surface area contributed by atoms with Crippen LogP contribution in [0, 0.1) is 0 Å². The molecule has 5 nitrogen and oxygen atoms in total. The van der Waals surface area contributed by atoms with Gasteiger partial charge >= 0.3 is 6.03 Å².